The molecule has 2 N–H and O–H groups in total. The molecule has 2 aromatic carbocycles. The number of nitrogens with zero attached hydrogens (tertiary/aromatic N) is 1. The average molecular weight is 359 g/mol. The number of aliphatic carboxylic acids is 1. The molecule has 1 aliphatic heterocycles. The third-order valence-electron chi connectivity index (χ3n) is 4.72. The highest BCUT2D eigenvalue weighted by Gasteiger charge is 2.26. The second-order valence-electron chi connectivity index (χ2n) is 6.38. The summed E-state index contributed by atoms with van der Waals surface area (Å²) in [6.45, 7) is 3.32. The summed E-state index contributed by atoms with van der Waals surface area (Å²) in [6, 6.07) is 15.7. The normalized spacial score (nSPS) is 16.5. The van der Waals surface area contributed by atoms with Gasteiger partial charge in [-0.3, -0.25) is 9.69 Å². The summed E-state index contributed by atoms with van der Waals surface area (Å²) in [4.78, 5) is 13.7. The van der Waals surface area contributed by atoms with Gasteiger partial charge in [0, 0.05) is 31.2 Å². The van der Waals surface area contributed by atoms with Gasteiger partial charge in [-0.2, -0.15) is 0 Å². The standard InChI is InChI=1S/C20H23ClN2O2/c21-18-8-6-17(7-9-18)16-4-1-15(2-5-16)3-10-19(20(24)25)23-13-11-22-12-14-23/h1-2,4-9,19,22H,3,10-14H2,(H,24,25). The van der Waals surface area contributed by atoms with Gasteiger partial charge in [-0.05, 0) is 41.7 Å². The first kappa shape index (κ1) is 17.9. The molecule has 0 aliphatic carbocycles. The molecule has 0 saturated carbocycles. The highest BCUT2D eigenvalue weighted by atomic mass is 35.5. The lowest BCUT2D eigenvalue weighted by Gasteiger charge is -2.32. The van der Waals surface area contributed by atoms with Crippen LogP contribution in [0, 0.1) is 0 Å². The van der Waals surface area contributed by atoms with Crippen LogP contribution in [0.4, 0.5) is 0 Å². The Morgan fingerprint density at radius 2 is 1.60 bits per heavy atom. The Kier molecular flexibility index (Phi) is 6.08. The largest absolute Gasteiger partial charge is 0.480 e. The van der Waals surface area contributed by atoms with E-state index < -0.39 is 12.0 Å². The van der Waals surface area contributed by atoms with E-state index in [1.807, 2.05) is 24.3 Å². The third-order valence-corrected chi connectivity index (χ3v) is 4.97. The quantitative estimate of drug-likeness (QED) is 0.832. The number of carboxylic acid groups (broad SMARTS) is 1. The topological polar surface area (TPSA) is 52.6 Å². The van der Waals surface area contributed by atoms with Crippen molar-refractivity contribution >= 4 is 17.6 Å². The highest BCUT2D eigenvalue weighted by molar-refractivity contribution is 6.30. The van der Waals surface area contributed by atoms with Crippen LogP contribution in [0.2, 0.25) is 5.02 Å². The van der Waals surface area contributed by atoms with Crippen molar-refractivity contribution in [2.75, 3.05) is 26.2 Å². The maximum Gasteiger partial charge on any atom is 0.320 e. The minimum Gasteiger partial charge on any atom is -0.480 e. The number of piperazine rings is 1. The van der Waals surface area contributed by atoms with Crippen LogP contribution in [-0.2, 0) is 11.2 Å². The lowest BCUT2D eigenvalue weighted by molar-refractivity contribution is -0.143. The molecule has 1 fully saturated rings. The Labute approximate surface area is 153 Å². The van der Waals surface area contributed by atoms with Crippen molar-refractivity contribution in [1.29, 1.82) is 0 Å². The fourth-order valence-corrected chi connectivity index (χ4v) is 3.39. The van der Waals surface area contributed by atoms with Gasteiger partial charge in [-0.1, -0.05) is 48.0 Å². The number of nitrogens with one attached hydrogen (secondary N) is 1. The molecule has 25 heavy (non-hydrogen) atoms. The van der Waals surface area contributed by atoms with Crippen molar-refractivity contribution < 1.29 is 9.90 Å². The Bertz CT molecular complexity index is 695. The van der Waals surface area contributed by atoms with Gasteiger partial charge in [-0.15, -0.1) is 0 Å². The van der Waals surface area contributed by atoms with E-state index in [-0.39, 0.29) is 0 Å². The van der Waals surface area contributed by atoms with Crippen LogP contribution in [0.5, 0.6) is 0 Å². The molecule has 4 nitrogen and oxygen atoms in total. The first-order chi connectivity index (χ1) is 12.1. The van der Waals surface area contributed by atoms with E-state index in [0.29, 0.717) is 6.42 Å². The van der Waals surface area contributed by atoms with Crippen molar-refractivity contribution in [3.05, 3.63) is 59.1 Å². The summed E-state index contributed by atoms with van der Waals surface area (Å²) in [5.74, 6) is -0.723. The molecule has 1 unspecified atom stereocenters. The summed E-state index contributed by atoms with van der Waals surface area (Å²) in [7, 11) is 0. The maximum absolute atomic E-state index is 11.6. The zero-order valence-corrected chi connectivity index (χ0v) is 14.9. The van der Waals surface area contributed by atoms with Crippen LogP contribution in [0.15, 0.2) is 48.5 Å². The predicted octanol–water partition coefficient (Wildman–Crippen LogP) is 3.30. The van der Waals surface area contributed by atoms with E-state index in [9.17, 15) is 9.90 Å². The number of halogens is 1. The third kappa shape index (κ3) is 4.82. The van der Waals surface area contributed by atoms with Crippen molar-refractivity contribution in [3.63, 3.8) is 0 Å². The second-order valence-corrected chi connectivity index (χ2v) is 6.82. The van der Waals surface area contributed by atoms with Crippen molar-refractivity contribution in [2.24, 2.45) is 0 Å². The molecular formula is C20H23ClN2O2. The molecule has 5 heteroatoms. The number of hydrogen-bond donors (Lipinski definition) is 2. The molecule has 0 spiro atoms. The van der Waals surface area contributed by atoms with Gasteiger partial charge in [0.05, 0.1) is 0 Å². The van der Waals surface area contributed by atoms with Crippen LogP contribution in [-0.4, -0.2) is 48.2 Å². The SMILES string of the molecule is O=C(O)C(CCc1ccc(-c2ccc(Cl)cc2)cc1)N1CCNCC1. The predicted molar refractivity (Wildman–Crippen MR) is 101 cm³/mol. The lowest BCUT2D eigenvalue weighted by Crippen LogP contribution is -2.51. The molecule has 1 heterocycles. The van der Waals surface area contributed by atoms with E-state index in [0.717, 1.165) is 48.7 Å². The van der Waals surface area contributed by atoms with Gasteiger partial charge in [0.2, 0.25) is 0 Å². The molecule has 0 radical (unpaired) electrons. The van der Waals surface area contributed by atoms with Gasteiger partial charge in [0.25, 0.3) is 0 Å². The molecule has 1 saturated heterocycles. The summed E-state index contributed by atoms with van der Waals surface area (Å²) < 4.78 is 0. The van der Waals surface area contributed by atoms with E-state index in [1.165, 1.54) is 5.56 Å². The minimum absolute atomic E-state index is 0.405. The number of benzene rings is 2. The molecule has 1 atom stereocenters. The number of rotatable bonds is 6. The molecule has 132 valence electrons. The Hall–Kier alpha value is -1.88. The fraction of sp³-hybridized carbons (Fsp3) is 0.350. The zero-order chi connectivity index (χ0) is 17.6. The van der Waals surface area contributed by atoms with Crippen molar-refractivity contribution in [3.8, 4) is 11.1 Å². The van der Waals surface area contributed by atoms with Gasteiger partial charge in [0.15, 0.2) is 0 Å². The monoisotopic (exact) mass is 358 g/mol. The smallest absolute Gasteiger partial charge is 0.320 e. The summed E-state index contributed by atoms with van der Waals surface area (Å²) in [6.07, 6.45) is 1.40. The van der Waals surface area contributed by atoms with Crippen LogP contribution >= 0.6 is 11.6 Å². The fourth-order valence-electron chi connectivity index (χ4n) is 3.27. The maximum atomic E-state index is 11.6. The molecule has 3 rings (SSSR count). The first-order valence-corrected chi connectivity index (χ1v) is 9.04. The summed E-state index contributed by atoms with van der Waals surface area (Å²) >= 11 is 5.93. The Morgan fingerprint density at radius 3 is 2.16 bits per heavy atom. The van der Waals surface area contributed by atoms with E-state index >= 15 is 0 Å². The second kappa shape index (κ2) is 8.48. The van der Waals surface area contributed by atoms with E-state index in [2.05, 4.69) is 34.5 Å². The van der Waals surface area contributed by atoms with Crippen molar-refractivity contribution in [1.82, 2.24) is 10.2 Å². The highest BCUT2D eigenvalue weighted by Crippen LogP contribution is 2.22. The first-order valence-electron chi connectivity index (χ1n) is 8.66. The average Bonchev–Trinajstić information content (AvgIpc) is 2.64. The summed E-state index contributed by atoms with van der Waals surface area (Å²) in [5.41, 5.74) is 3.43. The van der Waals surface area contributed by atoms with Crippen molar-refractivity contribution in [2.45, 2.75) is 18.9 Å². The van der Waals surface area contributed by atoms with Gasteiger partial charge in [-0.25, -0.2) is 0 Å². The number of aryl methyl sites for hydroxylation is 1. The number of carboxylic acids is 1. The molecule has 2 aromatic rings. The molecule has 0 bridgehead atoms. The Balaban J connectivity index is 1.62. The summed E-state index contributed by atoms with van der Waals surface area (Å²) in [5, 5.41) is 13.5. The number of carbonyl (C=O) groups is 1. The van der Waals surface area contributed by atoms with Crippen LogP contribution in [0.25, 0.3) is 11.1 Å². The molecular weight excluding hydrogens is 336 g/mol. The van der Waals surface area contributed by atoms with E-state index in [4.69, 9.17) is 11.6 Å². The van der Waals surface area contributed by atoms with Crippen LogP contribution in [0.1, 0.15) is 12.0 Å². The van der Waals surface area contributed by atoms with Crippen LogP contribution < -0.4 is 5.32 Å². The lowest BCUT2D eigenvalue weighted by atomic mass is 10.00. The zero-order valence-electron chi connectivity index (χ0n) is 14.1. The Morgan fingerprint density at radius 1 is 1.04 bits per heavy atom. The van der Waals surface area contributed by atoms with E-state index in [1.54, 1.807) is 0 Å². The molecule has 0 amide bonds. The molecule has 0 aromatic heterocycles. The minimum atomic E-state index is -0.723. The number of hydrogen-bond acceptors (Lipinski definition) is 3. The molecule has 1 aliphatic rings. The van der Waals surface area contributed by atoms with Gasteiger partial charge < -0.3 is 10.4 Å². The van der Waals surface area contributed by atoms with Crippen LogP contribution in [0.3, 0.4) is 0 Å². The van der Waals surface area contributed by atoms with Gasteiger partial charge >= 0.3 is 5.97 Å². The van der Waals surface area contributed by atoms with Gasteiger partial charge in [0.1, 0.15) is 6.04 Å².